The summed E-state index contributed by atoms with van der Waals surface area (Å²) in [6, 6.07) is 13.7. The first-order valence-corrected chi connectivity index (χ1v) is 9.33. The Kier molecular flexibility index (Phi) is 4.84. The fourth-order valence-electron chi connectivity index (χ4n) is 4.54. The van der Waals surface area contributed by atoms with Crippen molar-refractivity contribution in [2.75, 3.05) is 33.3 Å². The predicted molar refractivity (Wildman–Crippen MR) is 101 cm³/mol. The van der Waals surface area contributed by atoms with Gasteiger partial charge in [-0.25, -0.2) is 0 Å². The van der Waals surface area contributed by atoms with E-state index in [0.717, 1.165) is 18.7 Å². The number of aliphatic hydroxyl groups excluding tert-OH is 1. The molecule has 0 spiro atoms. The van der Waals surface area contributed by atoms with Crippen molar-refractivity contribution in [1.29, 1.82) is 0 Å². The third-order valence-corrected chi connectivity index (χ3v) is 5.86. The molecular formula is C21H27N3O. The molecule has 25 heavy (non-hydrogen) atoms. The largest absolute Gasteiger partial charge is 0.395 e. The first-order chi connectivity index (χ1) is 12.3. The summed E-state index contributed by atoms with van der Waals surface area (Å²) >= 11 is 0. The highest BCUT2D eigenvalue weighted by Crippen LogP contribution is 2.42. The van der Waals surface area contributed by atoms with Gasteiger partial charge in [-0.1, -0.05) is 30.3 Å². The predicted octanol–water partition coefficient (Wildman–Crippen LogP) is 2.60. The molecule has 0 saturated carbocycles. The number of benzene rings is 1. The Hall–Kier alpha value is -1.75. The Balaban J connectivity index is 1.57. The zero-order valence-corrected chi connectivity index (χ0v) is 14.9. The summed E-state index contributed by atoms with van der Waals surface area (Å²) in [7, 11) is 2.22. The molecule has 1 aromatic carbocycles. The summed E-state index contributed by atoms with van der Waals surface area (Å²) in [5, 5.41) is 9.95. The monoisotopic (exact) mass is 337 g/mol. The minimum absolute atomic E-state index is 0.245. The van der Waals surface area contributed by atoms with Crippen LogP contribution < -0.4 is 0 Å². The van der Waals surface area contributed by atoms with E-state index in [1.54, 1.807) is 6.20 Å². The van der Waals surface area contributed by atoms with Crippen molar-refractivity contribution in [2.24, 2.45) is 0 Å². The van der Waals surface area contributed by atoms with Crippen LogP contribution in [0.3, 0.4) is 0 Å². The molecule has 0 aliphatic carbocycles. The molecular weight excluding hydrogens is 310 g/mol. The Bertz CT molecular complexity index is 688. The fourth-order valence-corrected chi connectivity index (χ4v) is 4.54. The third-order valence-electron chi connectivity index (χ3n) is 5.86. The molecule has 2 aliphatic heterocycles. The van der Waals surface area contributed by atoms with E-state index in [4.69, 9.17) is 0 Å². The highest BCUT2D eigenvalue weighted by molar-refractivity contribution is 5.62. The highest BCUT2D eigenvalue weighted by atomic mass is 16.3. The molecule has 1 aromatic heterocycles. The van der Waals surface area contributed by atoms with Gasteiger partial charge in [0.25, 0.3) is 0 Å². The molecule has 2 aliphatic rings. The highest BCUT2D eigenvalue weighted by Gasteiger charge is 2.48. The van der Waals surface area contributed by atoms with Gasteiger partial charge >= 0.3 is 0 Å². The Labute approximate surface area is 150 Å². The number of aromatic nitrogens is 1. The number of rotatable bonds is 3. The summed E-state index contributed by atoms with van der Waals surface area (Å²) in [6.45, 7) is 3.63. The van der Waals surface area contributed by atoms with Crippen molar-refractivity contribution in [2.45, 2.75) is 30.8 Å². The maximum absolute atomic E-state index is 9.95. The van der Waals surface area contributed by atoms with Crippen molar-refractivity contribution >= 4 is 0 Å². The second kappa shape index (κ2) is 7.24. The zero-order chi connectivity index (χ0) is 17.2. The summed E-state index contributed by atoms with van der Waals surface area (Å²) in [6.07, 6.45) is 6.19. The summed E-state index contributed by atoms with van der Waals surface area (Å²) in [5.74, 6) is 0.425. The van der Waals surface area contributed by atoms with Crippen molar-refractivity contribution in [3.63, 3.8) is 0 Å². The normalized spacial score (nSPS) is 27.8. The summed E-state index contributed by atoms with van der Waals surface area (Å²) < 4.78 is 0. The number of likely N-dealkylation sites (N-methyl/N-ethyl adjacent to an activating group) is 1. The van der Waals surface area contributed by atoms with Gasteiger partial charge in [-0.05, 0) is 55.7 Å². The minimum atomic E-state index is 0.245. The standard InChI is InChI=1S/C21H27N3O/c1-23-11-2-3-12-24-19(14-23)21(20(24)15-25)17-8-6-16(7-9-17)18-5-4-10-22-13-18/h4-10,13,19-21,25H,2-3,11-12,14-15H2,1H3/t19-,20-,21+/m1/s1. The van der Waals surface area contributed by atoms with Crippen LogP contribution >= 0.6 is 0 Å². The number of nitrogens with zero attached hydrogens (tertiary/aromatic N) is 3. The Morgan fingerprint density at radius 3 is 2.60 bits per heavy atom. The molecule has 2 fully saturated rings. The Morgan fingerprint density at radius 2 is 1.88 bits per heavy atom. The van der Waals surface area contributed by atoms with Crippen molar-refractivity contribution < 1.29 is 5.11 Å². The molecule has 0 unspecified atom stereocenters. The molecule has 1 N–H and O–H groups in total. The maximum Gasteiger partial charge on any atom is 0.0593 e. The van der Waals surface area contributed by atoms with Crippen LogP contribution in [-0.2, 0) is 0 Å². The van der Waals surface area contributed by atoms with Crippen LogP contribution in [0.4, 0.5) is 0 Å². The number of hydrogen-bond acceptors (Lipinski definition) is 4. The lowest BCUT2D eigenvalue weighted by atomic mass is 9.74. The second-order valence-corrected chi connectivity index (χ2v) is 7.41. The van der Waals surface area contributed by atoms with Crippen LogP contribution in [0.1, 0.15) is 24.3 Å². The molecule has 132 valence electrons. The van der Waals surface area contributed by atoms with Gasteiger partial charge in [-0.15, -0.1) is 0 Å². The molecule has 0 radical (unpaired) electrons. The van der Waals surface area contributed by atoms with Gasteiger partial charge in [0, 0.05) is 36.9 Å². The molecule has 3 atom stereocenters. The third kappa shape index (κ3) is 3.22. The number of hydrogen-bond donors (Lipinski definition) is 1. The maximum atomic E-state index is 9.95. The van der Waals surface area contributed by atoms with Crippen LogP contribution in [-0.4, -0.2) is 65.3 Å². The molecule has 2 aromatic rings. The number of aliphatic hydroxyl groups is 1. The molecule has 4 heteroatoms. The van der Waals surface area contributed by atoms with Gasteiger partial charge in [0.2, 0.25) is 0 Å². The first kappa shape index (κ1) is 16.7. The lowest BCUT2D eigenvalue weighted by Crippen LogP contribution is -2.67. The Morgan fingerprint density at radius 1 is 1.08 bits per heavy atom. The zero-order valence-electron chi connectivity index (χ0n) is 14.9. The van der Waals surface area contributed by atoms with Crippen LogP contribution in [0.25, 0.3) is 11.1 Å². The summed E-state index contributed by atoms with van der Waals surface area (Å²) in [5.41, 5.74) is 3.69. The van der Waals surface area contributed by atoms with E-state index >= 15 is 0 Å². The van der Waals surface area contributed by atoms with E-state index in [1.807, 2.05) is 12.3 Å². The molecule has 4 nitrogen and oxygen atoms in total. The van der Waals surface area contributed by atoms with E-state index in [1.165, 1.54) is 30.5 Å². The van der Waals surface area contributed by atoms with Gasteiger partial charge < -0.3 is 10.0 Å². The van der Waals surface area contributed by atoms with E-state index in [2.05, 4.69) is 52.2 Å². The lowest BCUT2D eigenvalue weighted by molar-refractivity contribution is -0.0614. The lowest BCUT2D eigenvalue weighted by Gasteiger charge is -2.57. The second-order valence-electron chi connectivity index (χ2n) is 7.41. The van der Waals surface area contributed by atoms with Crippen molar-refractivity contribution in [1.82, 2.24) is 14.8 Å². The molecule has 4 rings (SSSR count). The molecule has 0 bridgehead atoms. The SMILES string of the molecule is CN1CCCCN2[C@H](CO)[C@@H](c3ccc(-c4cccnc4)cc3)[C@H]2C1. The average Bonchev–Trinajstić information content (AvgIpc) is 2.64. The van der Waals surface area contributed by atoms with Crippen LogP contribution in [0, 0.1) is 0 Å². The van der Waals surface area contributed by atoms with Crippen molar-refractivity contribution in [3.8, 4) is 11.1 Å². The molecule has 3 heterocycles. The first-order valence-electron chi connectivity index (χ1n) is 9.33. The average molecular weight is 337 g/mol. The number of pyridine rings is 1. The number of fused-ring (bicyclic) bond motifs is 1. The molecule has 2 saturated heterocycles. The summed E-state index contributed by atoms with van der Waals surface area (Å²) in [4.78, 5) is 9.18. The topological polar surface area (TPSA) is 39.6 Å². The van der Waals surface area contributed by atoms with Gasteiger partial charge in [-0.2, -0.15) is 0 Å². The van der Waals surface area contributed by atoms with E-state index in [9.17, 15) is 5.11 Å². The van der Waals surface area contributed by atoms with Gasteiger partial charge in [-0.3, -0.25) is 9.88 Å². The fraction of sp³-hybridized carbons (Fsp3) is 0.476. The van der Waals surface area contributed by atoms with Crippen LogP contribution in [0.5, 0.6) is 0 Å². The smallest absolute Gasteiger partial charge is 0.0593 e. The van der Waals surface area contributed by atoms with E-state index in [0.29, 0.717) is 12.0 Å². The minimum Gasteiger partial charge on any atom is -0.395 e. The van der Waals surface area contributed by atoms with E-state index < -0.39 is 0 Å². The van der Waals surface area contributed by atoms with Crippen LogP contribution in [0.2, 0.25) is 0 Å². The van der Waals surface area contributed by atoms with E-state index in [-0.39, 0.29) is 12.6 Å². The quantitative estimate of drug-likeness (QED) is 0.934. The van der Waals surface area contributed by atoms with Crippen LogP contribution in [0.15, 0.2) is 48.8 Å². The molecule has 0 amide bonds. The van der Waals surface area contributed by atoms with Gasteiger partial charge in [0.15, 0.2) is 0 Å². The van der Waals surface area contributed by atoms with Crippen molar-refractivity contribution in [3.05, 3.63) is 54.4 Å². The van der Waals surface area contributed by atoms with Gasteiger partial charge in [0.1, 0.15) is 0 Å². The van der Waals surface area contributed by atoms with Gasteiger partial charge in [0.05, 0.1) is 6.61 Å².